The van der Waals surface area contributed by atoms with Crippen molar-refractivity contribution in [1.82, 2.24) is 20.0 Å². The van der Waals surface area contributed by atoms with Crippen LogP contribution in [0.4, 0.5) is 0 Å². The average Bonchev–Trinajstić information content (AvgIpc) is 3.24. The molecule has 6 heteroatoms. The van der Waals surface area contributed by atoms with Gasteiger partial charge in [-0.05, 0) is 37.8 Å². The number of likely N-dealkylation sites (tertiary alicyclic amines) is 1. The minimum Gasteiger partial charge on any atom is -0.350 e. The van der Waals surface area contributed by atoms with Crippen molar-refractivity contribution in [2.75, 3.05) is 13.1 Å². The summed E-state index contributed by atoms with van der Waals surface area (Å²) in [5.41, 5.74) is 1.99. The molecule has 2 fully saturated rings. The molecule has 0 unspecified atom stereocenters. The highest BCUT2D eigenvalue weighted by Gasteiger charge is 2.46. The van der Waals surface area contributed by atoms with Gasteiger partial charge in [-0.2, -0.15) is 5.10 Å². The maximum atomic E-state index is 12.6. The molecule has 1 aromatic heterocycles. The van der Waals surface area contributed by atoms with Gasteiger partial charge >= 0.3 is 0 Å². The van der Waals surface area contributed by atoms with Crippen molar-refractivity contribution >= 4 is 11.8 Å². The fourth-order valence-electron chi connectivity index (χ4n) is 4.34. The SMILES string of the molecule is Cc1ccnn1CCC(=O)N1CCC2(CC1)C[C@@H](c1ccccc1)C(=O)N2. The quantitative estimate of drug-likeness (QED) is 0.902. The number of aryl methyl sites for hydroxylation is 2. The number of hydrogen-bond acceptors (Lipinski definition) is 3. The largest absolute Gasteiger partial charge is 0.350 e. The Hall–Kier alpha value is -2.63. The number of nitrogens with one attached hydrogen (secondary N) is 1. The lowest BCUT2D eigenvalue weighted by Crippen LogP contribution is -2.52. The van der Waals surface area contributed by atoms with E-state index in [-0.39, 0.29) is 23.3 Å². The minimum absolute atomic E-state index is 0.0729. The zero-order valence-electron chi connectivity index (χ0n) is 15.7. The Bertz CT molecular complexity index is 822. The second-order valence-electron chi connectivity index (χ2n) is 7.76. The summed E-state index contributed by atoms with van der Waals surface area (Å²) in [5, 5.41) is 7.48. The smallest absolute Gasteiger partial charge is 0.228 e. The first-order chi connectivity index (χ1) is 13.1. The van der Waals surface area contributed by atoms with Crippen LogP contribution in [0.3, 0.4) is 0 Å². The van der Waals surface area contributed by atoms with Crippen molar-refractivity contribution in [2.24, 2.45) is 0 Å². The van der Waals surface area contributed by atoms with Gasteiger partial charge in [-0.25, -0.2) is 0 Å². The van der Waals surface area contributed by atoms with Crippen LogP contribution in [0, 0.1) is 6.92 Å². The number of piperidine rings is 1. The van der Waals surface area contributed by atoms with E-state index in [0.717, 1.165) is 30.5 Å². The Morgan fingerprint density at radius 1 is 1.22 bits per heavy atom. The number of amides is 2. The number of carbonyl (C=O) groups is 2. The first-order valence-corrected chi connectivity index (χ1v) is 9.69. The van der Waals surface area contributed by atoms with Crippen LogP contribution in [0.1, 0.15) is 42.9 Å². The molecule has 2 saturated heterocycles. The van der Waals surface area contributed by atoms with E-state index in [2.05, 4.69) is 10.4 Å². The van der Waals surface area contributed by atoms with Crippen molar-refractivity contribution < 1.29 is 9.59 Å². The van der Waals surface area contributed by atoms with Gasteiger partial charge < -0.3 is 10.2 Å². The third kappa shape index (κ3) is 3.61. The normalized spacial score (nSPS) is 21.4. The molecule has 4 rings (SSSR count). The highest BCUT2D eigenvalue weighted by Crippen LogP contribution is 2.39. The summed E-state index contributed by atoms with van der Waals surface area (Å²) < 4.78 is 1.87. The molecule has 6 nitrogen and oxygen atoms in total. The van der Waals surface area contributed by atoms with Gasteiger partial charge in [0.05, 0.1) is 5.92 Å². The Labute approximate surface area is 159 Å². The van der Waals surface area contributed by atoms with Crippen LogP contribution in [0.15, 0.2) is 42.6 Å². The third-order valence-electron chi connectivity index (χ3n) is 6.04. The molecule has 1 atom stereocenters. The van der Waals surface area contributed by atoms with Gasteiger partial charge in [0.2, 0.25) is 11.8 Å². The van der Waals surface area contributed by atoms with E-state index in [9.17, 15) is 9.59 Å². The molecule has 2 aliphatic rings. The molecular formula is C21H26N4O2. The van der Waals surface area contributed by atoms with Gasteiger partial charge in [-0.3, -0.25) is 14.3 Å². The topological polar surface area (TPSA) is 67.2 Å². The Morgan fingerprint density at radius 3 is 2.63 bits per heavy atom. The second kappa shape index (κ2) is 7.18. The molecule has 0 saturated carbocycles. The van der Waals surface area contributed by atoms with Crippen molar-refractivity contribution in [3.8, 4) is 0 Å². The fraction of sp³-hybridized carbons (Fsp3) is 0.476. The highest BCUT2D eigenvalue weighted by molar-refractivity contribution is 5.87. The van der Waals surface area contributed by atoms with Crippen molar-refractivity contribution in [3.05, 3.63) is 53.9 Å². The van der Waals surface area contributed by atoms with Gasteiger partial charge in [0.15, 0.2) is 0 Å². The summed E-state index contributed by atoms with van der Waals surface area (Å²) in [7, 11) is 0. The maximum Gasteiger partial charge on any atom is 0.228 e. The fourth-order valence-corrected chi connectivity index (χ4v) is 4.34. The Balaban J connectivity index is 1.33. The van der Waals surface area contributed by atoms with Gasteiger partial charge in [-0.1, -0.05) is 30.3 Å². The Morgan fingerprint density at radius 2 is 1.96 bits per heavy atom. The van der Waals surface area contributed by atoms with Crippen molar-refractivity contribution in [2.45, 2.75) is 50.6 Å². The number of rotatable bonds is 4. The van der Waals surface area contributed by atoms with Crippen LogP contribution < -0.4 is 5.32 Å². The molecule has 0 bridgehead atoms. The number of aromatic nitrogens is 2. The van der Waals surface area contributed by atoms with Gasteiger partial charge in [-0.15, -0.1) is 0 Å². The molecule has 1 spiro atoms. The van der Waals surface area contributed by atoms with Gasteiger partial charge in [0.1, 0.15) is 0 Å². The van der Waals surface area contributed by atoms with Crippen LogP contribution >= 0.6 is 0 Å². The van der Waals surface area contributed by atoms with Crippen LogP contribution in [-0.4, -0.2) is 45.1 Å². The van der Waals surface area contributed by atoms with E-state index in [4.69, 9.17) is 0 Å². The molecular weight excluding hydrogens is 340 g/mol. The first-order valence-electron chi connectivity index (χ1n) is 9.69. The predicted molar refractivity (Wildman–Crippen MR) is 102 cm³/mol. The minimum atomic E-state index is -0.160. The molecule has 1 N–H and O–H groups in total. The van der Waals surface area contributed by atoms with E-state index in [1.54, 1.807) is 6.20 Å². The molecule has 0 aliphatic carbocycles. The standard InChI is InChI=1S/C21H26N4O2/c1-16-7-11-22-25(16)12-8-19(26)24-13-9-21(10-14-24)15-18(20(27)23-21)17-5-3-2-4-6-17/h2-7,11,18H,8-10,12-15H2,1H3,(H,23,27)/t18-/m0/s1. The van der Waals surface area contributed by atoms with E-state index in [0.29, 0.717) is 26.1 Å². The molecule has 27 heavy (non-hydrogen) atoms. The lowest BCUT2D eigenvalue weighted by atomic mass is 9.82. The summed E-state index contributed by atoms with van der Waals surface area (Å²) in [6, 6.07) is 11.9. The summed E-state index contributed by atoms with van der Waals surface area (Å²) in [6.45, 7) is 4.03. The molecule has 3 heterocycles. The van der Waals surface area contributed by atoms with Crippen LogP contribution in [0.2, 0.25) is 0 Å². The summed E-state index contributed by atoms with van der Waals surface area (Å²) in [6.07, 6.45) is 4.71. The molecule has 2 aliphatic heterocycles. The zero-order chi connectivity index (χ0) is 18.9. The van der Waals surface area contributed by atoms with Gasteiger partial charge in [0, 0.05) is 43.5 Å². The van der Waals surface area contributed by atoms with Crippen LogP contribution in [-0.2, 0) is 16.1 Å². The Kier molecular flexibility index (Phi) is 4.72. The number of carbonyl (C=O) groups excluding carboxylic acids is 2. The monoisotopic (exact) mass is 366 g/mol. The van der Waals surface area contributed by atoms with E-state index >= 15 is 0 Å². The molecule has 0 radical (unpaired) electrons. The summed E-state index contributed by atoms with van der Waals surface area (Å²) in [4.78, 5) is 27.0. The number of nitrogens with zero attached hydrogens (tertiary/aromatic N) is 3. The van der Waals surface area contributed by atoms with Gasteiger partial charge in [0.25, 0.3) is 0 Å². The molecule has 142 valence electrons. The number of hydrogen-bond donors (Lipinski definition) is 1. The predicted octanol–water partition coefficient (Wildman–Crippen LogP) is 2.25. The van der Waals surface area contributed by atoms with E-state index < -0.39 is 0 Å². The highest BCUT2D eigenvalue weighted by atomic mass is 16.2. The van der Waals surface area contributed by atoms with Crippen molar-refractivity contribution in [1.29, 1.82) is 0 Å². The third-order valence-corrected chi connectivity index (χ3v) is 6.04. The second-order valence-corrected chi connectivity index (χ2v) is 7.76. The van der Waals surface area contributed by atoms with E-state index in [1.165, 1.54) is 0 Å². The number of benzene rings is 1. The molecule has 1 aromatic carbocycles. The van der Waals surface area contributed by atoms with Crippen LogP contribution in [0.5, 0.6) is 0 Å². The summed E-state index contributed by atoms with van der Waals surface area (Å²) in [5.74, 6) is 0.218. The van der Waals surface area contributed by atoms with E-state index in [1.807, 2.05) is 52.9 Å². The average molecular weight is 366 g/mol. The maximum absolute atomic E-state index is 12.6. The summed E-state index contributed by atoms with van der Waals surface area (Å²) >= 11 is 0. The zero-order valence-corrected chi connectivity index (χ0v) is 15.7. The van der Waals surface area contributed by atoms with Crippen LogP contribution in [0.25, 0.3) is 0 Å². The first kappa shape index (κ1) is 17.8. The lowest BCUT2D eigenvalue weighted by molar-refractivity contribution is -0.133. The molecule has 2 aromatic rings. The molecule has 2 amide bonds. The lowest BCUT2D eigenvalue weighted by Gasteiger charge is -2.39. The van der Waals surface area contributed by atoms with Crippen molar-refractivity contribution in [3.63, 3.8) is 0 Å².